The highest BCUT2D eigenvalue weighted by Gasteiger charge is 2.09. The lowest BCUT2D eigenvalue weighted by Gasteiger charge is -2.00. The molecule has 1 aromatic rings. The van der Waals surface area contributed by atoms with Gasteiger partial charge in [-0.25, -0.2) is 4.68 Å². The molecule has 0 spiro atoms. The molecule has 0 bridgehead atoms. The molecule has 0 aliphatic heterocycles. The summed E-state index contributed by atoms with van der Waals surface area (Å²) in [5.74, 6) is -0.119. The van der Waals surface area contributed by atoms with Crippen LogP contribution < -0.4 is 11.5 Å². The van der Waals surface area contributed by atoms with Gasteiger partial charge in [0.2, 0.25) is 5.91 Å². The first kappa shape index (κ1) is 8.73. The Morgan fingerprint density at radius 1 is 1.75 bits per heavy atom. The van der Waals surface area contributed by atoms with E-state index in [1.165, 1.54) is 10.9 Å². The van der Waals surface area contributed by atoms with E-state index in [0.717, 1.165) is 0 Å². The molecule has 0 aliphatic carbocycles. The van der Waals surface area contributed by atoms with Gasteiger partial charge in [0.25, 0.3) is 0 Å². The number of carbonyl (C=O) groups is 1. The normalized spacial score (nSPS) is 10.2. The minimum atomic E-state index is -0.119. The molecule has 0 saturated heterocycles. The van der Waals surface area contributed by atoms with Crippen LogP contribution in [0.15, 0.2) is 6.20 Å². The Labute approximate surface area is 70.3 Å². The van der Waals surface area contributed by atoms with Gasteiger partial charge in [-0.15, -0.1) is 0 Å². The molecular formula is C7H12N4O. The molecule has 0 aromatic carbocycles. The molecule has 0 aliphatic rings. The summed E-state index contributed by atoms with van der Waals surface area (Å²) in [6, 6.07) is 0. The van der Waals surface area contributed by atoms with Crippen LogP contribution in [0.2, 0.25) is 0 Å². The molecule has 0 fully saturated rings. The van der Waals surface area contributed by atoms with Gasteiger partial charge in [0.15, 0.2) is 0 Å². The molecule has 5 nitrogen and oxygen atoms in total. The number of anilines is 1. The number of hydrogen-bond acceptors (Lipinski definition) is 4. The van der Waals surface area contributed by atoms with Crippen LogP contribution in [0, 0.1) is 6.92 Å². The molecule has 0 amide bonds. The topological polar surface area (TPSA) is 86.9 Å². The number of nitrogen functional groups attached to an aromatic ring is 1. The minimum Gasteiger partial charge on any atom is -0.396 e. The Morgan fingerprint density at radius 2 is 2.42 bits per heavy atom. The molecule has 0 radical (unpaired) electrons. The quantitative estimate of drug-likeness (QED) is 0.638. The van der Waals surface area contributed by atoms with Gasteiger partial charge >= 0.3 is 0 Å². The summed E-state index contributed by atoms with van der Waals surface area (Å²) >= 11 is 0. The fourth-order valence-corrected chi connectivity index (χ4v) is 0.903. The molecule has 0 saturated carbocycles. The largest absolute Gasteiger partial charge is 0.396 e. The Balaban J connectivity index is 2.88. The van der Waals surface area contributed by atoms with Crippen molar-refractivity contribution in [3.8, 4) is 0 Å². The zero-order valence-electron chi connectivity index (χ0n) is 6.95. The van der Waals surface area contributed by atoms with Crippen LogP contribution in [0.25, 0.3) is 0 Å². The number of hydrogen-bond donors (Lipinski definition) is 2. The standard InChI is InChI=1S/C7H12N4O/c1-5-6(9)4-10-11(5)7(12)2-3-8/h4H,2-3,8-9H2,1H3. The Morgan fingerprint density at radius 3 is 2.83 bits per heavy atom. The van der Waals surface area contributed by atoms with Crippen LogP contribution in [-0.2, 0) is 0 Å². The number of nitrogens with zero attached hydrogens (tertiary/aromatic N) is 2. The molecule has 66 valence electrons. The van der Waals surface area contributed by atoms with E-state index in [1.807, 2.05) is 0 Å². The van der Waals surface area contributed by atoms with Crippen molar-refractivity contribution in [2.45, 2.75) is 13.3 Å². The van der Waals surface area contributed by atoms with E-state index in [2.05, 4.69) is 5.10 Å². The van der Waals surface area contributed by atoms with Gasteiger partial charge < -0.3 is 11.5 Å². The maximum atomic E-state index is 11.2. The van der Waals surface area contributed by atoms with Crippen molar-refractivity contribution in [2.75, 3.05) is 12.3 Å². The Hall–Kier alpha value is -1.36. The van der Waals surface area contributed by atoms with Crippen molar-refractivity contribution in [1.82, 2.24) is 9.78 Å². The number of rotatable bonds is 2. The van der Waals surface area contributed by atoms with Gasteiger partial charge in [0, 0.05) is 13.0 Å². The van der Waals surface area contributed by atoms with E-state index in [4.69, 9.17) is 11.5 Å². The van der Waals surface area contributed by atoms with Crippen molar-refractivity contribution in [1.29, 1.82) is 0 Å². The predicted octanol–water partition coefficient (Wildman–Crippen LogP) is -0.237. The van der Waals surface area contributed by atoms with E-state index in [1.54, 1.807) is 6.92 Å². The van der Waals surface area contributed by atoms with E-state index >= 15 is 0 Å². The SMILES string of the molecule is Cc1c(N)cnn1C(=O)CCN. The van der Waals surface area contributed by atoms with Crippen LogP contribution in [0.5, 0.6) is 0 Å². The van der Waals surface area contributed by atoms with Gasteiger partial charge in [-0.1, -0.05) is 0 Å². The Bertz CT molecular complexity index is 292. The highest BCUT2D eigenvalue weighted by atomic mass is 16.2. The second-order valence-electron chi connectivity index (χ2n) is 2.53. The third-order valence-corrected chi connectivity index (χ3v) is 1.64. The molecular weight excluding hydrogens is 156 g/mol. The minimum absolute atomic E-state index is 0.119. The fraction of sp³-hybridized carbons (Fsp3) is 0.429. The van der Waals surface area contributed by atoms with E-state index in [9.17, 15) is 4.79 Å². The zero-order valence-corrected chi connectivity index (χ0v) is 6.95. The third-order valence-electron chi connectivity index (χ3n) is 1.64. The first-order valence-corrected chi connectivity index (χ1v) is 3.70. The highest BCUT2D eigenvalue weighted by Crippen LogP contribution is 2.08. The highest BCUT2D eigenvalue weighted by molar-refractivity contribution is 5.79. The average Bonchev–Trinajstić information content (AvgIpc) is 2.34. The summed E-state index contributed by atoms with van der Waals surface area (Å²) in [6.45, 7) is 2.08. The summed E-state index contributed by atoms with van der Waals surface area (Å²) in [7, 11) is 0. The molecule has 1 aromatic heterocycles. The molecule has 0 atom stereocenters. The van der Waals surface area contributed by atoms with Crippen LogP contribution in [-0.4, -0.2) is 22.2 Å². The monoisotopic (exact) mass is 168 g/mol. The maximum Gasteiger partial charge on any atom is 0.248 e. The van der Waals surface area contributed by atoms with Crippen molar-refractivity contribution >= 4 is 11.6 Å². The summed E-state index contributed by atoms with van der Waals surface area (Å²) < 4.78 is 1.28. The lowest BCUT2D eigenvalue weighted by molar-refractivity contribution is 0.0887. The first-order valence-electron chi connectivity index (χ1n) is 3.70. The molecule has 1 rings (SSSR count). The van der Waals surface area contributed by atoms with Gasteiger partial charge in [0.05, 0.1) is 17.6 Å². The second-order valence-corrected chi connectivity index (χ2v) is 2.53. The molecule has 0 unspecified atom stereocenters. The molecule has 5 heteroatoms. The number of aromatic nitrogens is 2. The van der Waals surface area contributed by atoms with Crippen molar-refractivity contribution in [2.24, 2.45) is 5.73 Å². The van der Waals surface area contributed by atoms with Crippen LogP contribution in [0.1, 0.15) is 16.9 Å². The van der Waals surface area contributed by atoms with E-state index < -0.39 is 0 Å². The maximum absolute atomic E-state index is 11.2. The average molecular weight is 168 g/mol. The van der Waals surface area contributed by atoms with Crippen molar-refractivity contribution in [3.05, 3.63) is 11.9 Å². The second kappa shape index (κ2) is 3.36. The number of nitrogens with two attached hydrogens (primary N) is 2. The molecule has 12 heavy (non-hydrogen) atoms. The molecule has 1 heterocycles. The number of carbonyl (C=O) groups excluding carboxylic acids is 1. The van der Waals surface area contributed by atoms with Crippen LogP contribution in [0.3, 0.4) is 0 Å². The fourth-order valence-electron chi connectivity index (χ4n) is 0.903. The summed E-state index contributed by atoms with van der Waals surface area (Å²) in [5, 5.41) is 3.82. The summed E-state index contributed by atoms with van der Waals surface area (Å²) in [4.78, 5) is 11.2. The van der Waals surface area contributed by atoms with Gasteiger partial charge in [-0.3, -0.25) is 4.79 Å². The van der Waals surface area contributed by atoms with Gasteiger partial charge in [-0.2, -0.15) is 5.10 Å². The van der Waals surface area contributed by atoms with Crippen LogP contribution >= 0.6 is 0 Å². The van der Waals surface area contributed by atoms with E-state index in [0.29, 0.717) is 24.3 Å². The lowest BCUT2D eigenvalue weighted by Crippen LogP contribution is -2.17. The smallest absolute Gasteiger partial charge is 0.248 e. The molecule has 4 N–H and O–H groups in total. The van der Waals surface area contributed by atoms with E-state index in [-0.39, 0.29) is 5.91 Å². The van der Waals surface area contributed by atoms with Gasteiger partial charge in [-0.05, 0) is 6.92 Å². The van der Waals surface area contributed by atoms with Crippen molar-refractivity contribution in [3.63, 3.8) is 0 Å². The summed E-state index contributed by atoms with van der Waals surface area (Å²) in [6.07, 6.45) is 1.76. The third kappa shape index (κ3) is 1.45. The first-order chi connectivity index (χ1) is 5.66. The Kier molecular flexibility index (Phi) is 2.44. The van der Waals surface area contributed by atoms with Gasteiger partial charge in [0.1, 0.15) is 0 Å². The summed E-state index contributed by atoms with van der Waals surface area (Å²) in [5.41, 5.74) is 11.9. The van der Waals surface area contributed by atoms with Crippen LogP contribution in [0.4, 0.5) is 5.69 Å². The lowest BCUT2D eigenvalue weighted by atomic mass is 10.3. The van der Waals surface area contributed by atoms with Crippen molar-refractivity contribution < 1.29 is 4.79 Å². The predicted molar refractivity (Wildman–Crippen MR) is 45.7 cm³/mol. The zero-order chi connectivity index (χ0) is 9.14.